The molecule has 1 fully saturated rings. The van der Waals surface area contributed by atoms with Crippen molar-refractivity contribution < 1.29 is 42.8 Å². The van der Waals surface area contributed by atoms with E-state index in [1.807, 2.05) is 18.2 Å². The number of amides is 3. The second kappa shape index (κ2) is 33.4. The summed E-state index contributed by atoms with van der Waals surface area (Å²) < 4.78 is 37.3. The molecular formula is C57H87N3O9. The van der Waals surface area contributed by atoms with Crippen LogP contribution in [0.15, 0.2) is 54.6 Å². The molecule has 0 N–H and O–H groups in total. The molecule has 1 aliphatic rings. The van der Waals surface area contributed by atoms with Crippen molar-refractivity contribution in [3.05, 3.63) is 71.3 Å². The van der Waals surface area contributed by atoms with Crippen molar-refractivity contribution >= 4 is 17.7 Å². The molecule has 384 valence electrons. The van der Waals surface area contributed by atoms with E-state index in [2.05, 4.69) is 41.5 Å². The largest absolute Gasteiger partial charge is 0.490 e. The van der Waals surface area contributed by atoms with Gasteiger partial charge >= 0.3 is 0 Å². The normalized spacial score (nSPS) is 13.0. The fraction of sp³-hybridized carbons (Fsp3) is 0.632. The van der Waals surface area contributed by atoms with Gasteiger partial charge in [-0.3, -0.25) is 14.4 Å². The Bertz CT molecular complexity index is 1710. The zero-order valence-corrected chi connectivity index (χ0v) is 43.4. The zero-order valence-electron chi connectivity index (χ0n) is 43.4. The van der Waals surface area contributed by atoms with Gasteiger partial charge in [0.15, 0.2) is 34.5 Å². The minimum atomic E-state index is -0.215. The molecular weight excluding hydrogens is 871 g/mol. The Balaban J connectivity index is 1.68. The lowest BCUT2D eigenvalue weighted by Gasteiger charge is -2.26. The van der Waals surface area contributed by atoms with Crippen LogP contribution in [0.5, 0.6) is 34.5 Å². The predicted octanol–water partition coefficient (Wildman–Crippen LogP) is 12.8. The third-order valence-corrected chi connectivity index (χ3v) is 12.4. The first kappa shape index (κ1) is 56.5. The standard InChI is InChI=1S/C57H87N3O9/c1-7-13-19-37-64-49-28-25-46(43-52(49)67-40-22-16-10-4)55(61)58-31-33-59(56(62)47-26-29-50(65-38-20-14-8-2)53(44-47)68-41-23-17-11-5)35-36-60(34-32-58)57(63)48-27-30-51(66-39-21-15-9-3)54(45-48)69-42-24-18-12-6/h25-30,43-45H,7-24,31-42H2,1-6H3. The Morgan fingerprint density at radius 3 is 0.725 bits per heavy atom. The van der Waals surface area contributed by atoms with Gasteiger partial charge in [-0.1, -0.05) is 119 Å². The van der Waals surface area contributed by atoms with Crippen LogP contribution >= 0.6 is 0 Å². The summed E-state index contributed by atoms with van der Waals surface area (Å²) in [7, 11) is 0. The molecule has 1 heterocycles. The molecule has 0 aromatic heterocycles. The minimum absolute atomic E-state index is 0.215. The molecule has 1 aliphatic heterocycles. The fourth-order valence-electron chi connectivity index (χ4n) is 8.04. The quantitative estimate of drug-likeness (QED) is 0.0550. The van der Waals surface area contributed by atoms with Crippen LogP contribution in [0.25, 0.3) is 0 Å². The van der Waals surface area contributed by atoms with E-state index in [-0.39, 0.29) is 57.0 Å². The molecule has 0 unspecified atom stereocenters. The van der Waals surface area contributed by atoms with Gasteiger partial charge in [-0.25, -0.2) is 0 Å². The highest BCUT2D eigenvalue weighted by Crippen LogP contribution is 2.33. The van der Waals surface area contributed by atoms with E-state index >= 15 is 0 Å². The molecule has 12 heteroatoms. The summed E-state index contributed by atoms with van der Waals surface area (Å²) in [6.45, 7) is 17.7. The number of carbonyl (C=O) groups is 3. The Labute approximate surface area is 415 Å². The summed E-state index contributed by atoms with van der Waals surface area (Å²) in [6, 6.07) is 16.2. The molecule has 1 saturated heterocycles. The highest BCUT2D eigenvalue weighted by molar-refractivity contribution is 5.97. The minimum Gasteiger partial charge on any atom is -0.490 e. The van der Waals surface area contributed by atoms with Gasteiger partial charge in [0.2, 0.25) is 0 Å². The van der Waals surface area contributed by atoms with Gasteiger partial charge in [-0.05, 0) is 93.1 Å². The van der Waals surface area contributed by atoms with Crippen molar-refractivity contribution in [1.82, 2.24) is 14.7 Å². The molecule has 69 heavy (non-hydrogen) atoms. The molecule has 3 aromatic carbocycles. The van der Waals surface area contributed by atoms with Crippen LogP contribution in [0.4, 0.5) is 0 Å². The molecule has 4 rings (SSSR count). The summed E-state index contributed by atoms with van der Waals surface area (Å²) >= 11 is 0. The van der Waals surface area contributed by atoms with Crippen LogP contribution in [0.2, 0.25) is 0 Å². The van der Waals surface area contributed by atoms with Gasteiger partial charge in [0, 0.05) is 56.0 Å². The number of hydrogen-bond donors (Lipinski definition) is 0. The van der Waals surface area contributed by atoms with Gasteiger partial charge < -0.3 is 43.1 Å². The molecule has 0 aliphatic carbocycles. The molecule has 0 bridgehead atoms. The highest BCUT2D eigenvalue weighted by atomic mass is 16.5. The predicted molar refractivity (Wildman–Crippen MR) is 277 cm³/mol. The van der Waals surface area contributed by atoms with E-state index in [4.69, 9.17) is 28.4 Å². The lowest BCUT2D eigenvalue weighted by molar-refractivity contribution is 0.0679. The molecule has 3 amide bonds. The lowest BCUT2D eigenvalue weighted by atomic mass is 10.1. The Kier molecular flexibility index (Phi) is 27.3. The summed E-state index contributed by atoms with van der Waals surface area (Å²) in [6.07, 6.45) is 18.2. The third kappa shape index (κ3) is 19.7. The van der Waals surface area contributed by atoms with Crippen LogP contribution < -0.4 is 28.4 Å². The molecule has 3 aromatic rings. The maximum atomic E-state index is 14.7. The molecule has 12 nitrogen and oxygen atoms in total. The summed E-state index contributed by atoms with van der Waals surface area (Å²) in [5, 5.41) is 0. The van der Waals surface area contributed by atoms with Gasteiger partial charge in [-0.15, -0.1) is 0 Å². The van der Waals surface area contributed by atoms with E-state index in [0.29, 0.717) is 90.8 Å². The van der Waals surface area contributed by atoms with Crippen molar-refractivity contribution in [1.29, 1.82) is 0 Å². The average molecular weight is 958 g/mol. The van der Waals surface area contributed by atoms with Crippen molar-refractivity contribution in [2.75, 3.05) is 78.9 Å². The van der Waals surface area contributed by atoms with E-state index < -0.39 is 0 Å². The van der Waals surface area contributed by atoms with Gasteiger partial charge in [0.1, 0.15) is 0 Å². The van der Waals surface area contributed by atoms with Crippen LogP contribution in [-0.4, -0.2) is 111 Å². The number of benzene rings is 3. The zero-order chi connectivity index (χ0) is 49.5. The Hall–Kier alpha value is -5.13. The molecule has 0 saturated carbocycles. The van der Waals surface area contributed by atoms with Crippen LogP contribution in [0.3, 0.4) is 0 Å². The summed E-state index contributed by atoms with van der Waals surface area (Å²) in [5.41, 5.74) is 1.36. The average Bonchev–Trinajstić information content (AvgIpc) is 3.48. The first-order valence-corrected chi connectivity index (χ1v) is 26.8. The first-order valence-electron chi connectivity index (χ1n) is 26.8. The maximum Gasteiger partial charge on any atom is 0.254 e. The molecule has 0 spiro atoms. The van der Waals surface area contributed by atoms with Crippen molar-refractivity contribution in [3.63, 3.8) is 0 Å². The number of unbranched alkanes of at least 4 members (excludes halogenated alkanes) is 12. The molecule has 0 radical (unpaired) electrons. The van der Waals surface area contributed by atoms with E-state index in [1.165, 1.54) is 0 Å². The SMILES string of the molecule is CCCCCOc1ccc(C(=O)N2CCN(C(=O)c3ccc(OCCCCC)c(OCCCCC)c3)CCN(C(=O)c3ccc(OCCCCC)c(OCCCCC)c3)CC2)cc1OCCCCC. The molecule has 0 atom stereocenters. The van der Waals surface area contributed by atoms with Crippen molar-refractivity contribution in [3.8, 4) is 34.5 Å². The van der Waals surface area contributed by atoms with Crippen LogP contribution in [-0.2, 0) is 0 Å². The number of nitrogens with zero attached hydrogens (tertiary/aromatic N) is 3. The summed E-state index contributed by atoms with van der Waals surface area (Å²) in [4.78, 5) is 49.3. The fourth-order valence-corrected chi connectivity index (χ4v) is 8.04. The van der Waals surface area contributed by atoms with Crippen molar-refractivity contribution in [2.45, 2.75) is 157 Å². The second-order valence-corrected chi connectivity index (χ2v) is 18.2. The van der Waals surface area contributed by atoms with Crippen molar-refractivity contribution in [2.24, 2.45) is 0 Å². The van der Waals surface area contributed by atoms with E-state index in [9.17, 15) is 14.4 Å². The third-order valence-electron chi connectivity index (χ3n) is 12.4. The lowest BCUT2D eigenvalue weighted by Crippen LogP contribution is -2.41. The number of carbonyl (C=O) groups excluding carboxylic acids is 3. The van der Waals surface area contributed by atoms with Gasteiger partial charge in [0.25, 0.3) is 17.7 Å². The summed E-state index contributed by atoms with van der Waals surface area (Å²) in [5.74, 6) is 2.84. The van der Waals surface area contributed by atoms with E-state index in [1.54, 1.807) is 51.1 Å². The topological polar surface area (TPSA) is 116 Å². The maximum absolute atomic E-state index is 14.7. The van der Waals surface area contributed by atoms with E-state index in [0.717, 1.165) is 116 Å². The number of rotatable bonds is 33. The highest BCUT2D eigenvalue weighted by Gasteiger charge is 2.28. The Morgan fingerprint density at radius 1 is 0.319 bits per heavy atom. The first-order chi connectivity index (χ1) is 33.8. The Morgan fingerprint density at radius 2 is 0.522 bits per heavy atom. The van der Waals surface area contributed by atoms with Crippen LogP contribution in [0.1, 0.15) is 188 Å². The second-order valence-electron chi connectivity index (χ2n) is 18.2. The number of hydrogen-bond acceptors (Lipinski definition) is 9. The van der Waals surface area contributed by atoms with Gasteiger partial charge in [0.05, 0.1) is 39.6 Å². The smallest absolute Gasteiger partial charge is 0.254 e. The van der Waals surface area contributed by atoms with Gasteiger partial charge in [-0.2, -0.15) is 0 Å². The van der Waals surface area contributed by atoms with Crippen LogP contribution in [0, 0.1) is 0 Å². The monoisotopic (exact) mass is 958 g/mol. The number of ether oxygens (including phenoxy) is 6.